The summed E-state index contributed by atoms with van der Waals surface area (Å²) in [5.74, 6) is -0.956. The number of amides is 1. The predicted octanol–water partition coefficient (Wildman–Crippen LogP) is 1.90. The van der Waals surface area contributed by atoms with E-state index in [9.17, 15) is 9.59 Å². The Bertz CT molecular complexity index is 470. The molecular formula is C12H13NO4. The molecule has 1 amide bonds. The maximum absolute atomic E-state index is 11.6. The largest absolute Gasteiger partial charge is 0.478 e. The summed E-state index contributed by atoms with van der Waals surface area (Å²) < 4.78 is 4.93. The summed E-state index contributed by atoms with van der Waals surface area (Å²) in [5.41, 5.74) is 1.86. The summed E-state index contributed by atoms with van der Waals surface area (Å²) >= 11 is 0. The number of nitrogens with zero attached hydrogens (tertiary/aromatic N) is 1. The van der Waals surface area contributed by atoms with E-state index in [-0.39, 0.29) is 11.7 Å². The van der Waals surface area contributed by atoms with Crippen molar-refractivity contribution in [2.45, 2.75) is 13.3 Å². The summed E-state index contributed by atoms with van der Waals surface area (Å²) in [6, 6.07) is 4.76. The molecule has 0 atom stereocenters. The fourth-order valence-electron chi connectivity index (χ4n) is 1.93. The zero-order chi connectivity index (χ0) is 12.4. The van der Waals surface area contributed by atoms with Gasteiger partial charge in [0.15, 0.2) is 0 Å². The van der Waals surface area contributed by atoms with Crippen molar-refractivity contribution in [3.63, 3.8) is 0 Å². The number of hydrogen-bond donors (Lipinski definition) is 1. The fraction of sp³-hybridized carbons (Fsp3) is 0.333. The first kappa shape index (κ1) is 11.4. The normalized spacial score (nSPS) is 13.4. The number of aromatic carboxylic acids is 1. The summed E-state index contributed by atoms with van der Waals surface area (Å²) in [5, 5.41) is 8.87. The van der Waals surface area contributed by atoms with Crippen molar-refractivity contribution in [3.05, 3.63) is 29.3 Å². The highest BCUT2D eigenvalue weighted by molar-refractivity contribution is 5.93. The highest BCUT2D eigenvalue weighted by Crippen LogP contribution is 2.29. The lowest BCUT2D eigenvalue weighted by atomic mass is 10.1. The number of fused-ring (bicyclic) bond motifs is 1. The zero-order valence-corrected chi connectivity index (χ0v) is 9.47. The molecule has 1 heterocycles. The van der Waals surface area contributed by atoms with Crippen LogP contribution in [0.25, 0.3) is 0 Å². The molecule has 0 unspecified atom stereocenters. The Hall–Kier alpha value is -2.04. The second-order valence-electron chi connectivity index (χ2n) is 3.75. The van der Waals surface area contributed by atoms with Crippen molar-refractivity contribution < 1.29 is 19.4 Å². The maximum Gasteiger partial charge on any atom is 0.414 e. The van der Waals surface area contributed by atoms with Gasteiger partial charge in [-0.1, -0.05) is 0 Å². The van der Waals surface area contributed by atoms with Crippen LogP contribution in [-0.4, -0.2) is 30.3 Å². The third-order valence-corrected chi connectivity index (χ3v) is 2.71. The van der Waals surface area contributed by atoms with Gasteiger partial charge in [-0.05, 0) is 37.1 Å². The number of carbonyl (C=O) groups is 2. The quantitative estimate of drug-likeness (QED) is 0.850. The number of hydrogen-bond acceptors (Lipinski definition) is 3. The second kappa shape index (κ2) is 4.45. The van der Waals surface area contributed by atoms with E-state index in [1.165, 1.54) is 11.0 Å². The lowest BCUT2D eigenvalue weighted by molar-refractivity contribution is 0.0696. The Morgan fingerprint density at radius 2 is 2.24 bits per heavy atom. The average Bonchev–Trinajstić information content (AvgIpc) is 2.71. The molecule has 2 rings (SSSR count). The molecule has 0 saturated carbocycles. The van der Waals surface area contributed by atoms with E-state index in [0.717, 1.165) is 11.3 Å². The van der Waals surface area contributed by atoms with E-state index in [2.05, 4.69) is 0 Å². The molecule has 1 aromatic carbocycles. The van der Waals surface area contributed by atoms with Crippen molar-refractivity contribution in [1.29, 1.82) is 0 Å². The van der Waals surface area contributed by atoms with Gasteiger partial charge in [-0.3, -0.25) is 4.90 Å². The number of rotatable bonds is 2. The molecule has 1 aliphatic rings. The van der Waals surface area contributed by atoms with Crippen molar-refractivity contribution in [3.8, 4) is 0 Å². The van der Waals surface area contributed by atoms with E-state index in [0.29, 0.717) is 19.6 Å². The van der Waals surface area contributed by atoms with Gasteiger partial charge in [-0.2, -0.15) is 0 Å². The zero-order valence-electron chi connectivity index (χ0n) is 9.47. The van der Waals surface area contributed by atoms with E-state index in [4.69, 9.17) is 9.84 Å². The van der Waals surface area contributed by atoms with Crippen molar-refractivity contribution in [1.82, 2.24) is 0 Å². The molecule has 90 valence electrons. The number of benzene rings is 1. The number of anilines is 1. The van der Waals surface area contributed by atoms with Crippen LogP contribution in [0.2, 0.25) is 0 Å². The molecule has 1 N–H and O–H groups in total. The molecule has 0 bridgehead atoms. The standard InChI is InChI=1S/C12H13NO4/c1-2-17-12(16)13-6-5-8-7-9(11(14)15)3-4-10(8)13/h3-4,7H,2,5-6H2,1H3,(H,14,15). The minimum absolute atomic E-state index is 0.245. The molecule has 1 aromatic rings. The Morgan fingerprint density at radius 3 is 2.88 bits per heavy atom. The number of ether oxygens (including phenoxy) is 1. The van der Waals surface area contributed by atoms with Gasteiger partial charge in [0.25, 0.3) is 0 Å². The van der Waals surface area contributed by atoms with Crippen LogP contribution in [0.5, 0.6) is 0 Å². The molecule has 0 aliphatic carbocycles. The molecular weight excluding hydrogens is 222 g/mol. The third kappa shape index (κ3) is 2.08. The first-order chi connectivity index (χ1) is 8.13. The van der Waals surface area contributed by atoms with Gasteiger partial charge in [0.1, 0.15) is 0 Å². The number of carboxylic acids is 1. The molecule has 0 spiro atoms. The molecule has 0 radical (unpaired) electrons. The van der Waals surface area contributed by atoms with Gasteiger partial charge in [0.2, 0.25) is 0 Å². The minimum atomic E-state index is -0.956. The average molecular weight is 235 g/mol. The number of carboxylic acid groups (broad SMARTS) is 1. The van der Waals surface area contributed by atoms with E-state index in [1.54, 1.807) is 19.1 Å². The van der Waals surface area contributed by atoms with Crippen LogP contribution in [0.15, 0.2) is 18.2 Å². The molecule has 0 saturated heterocycles. The minimum Gasteiger partial charge on any atom is -0.478 e. The highest BCUT2D eigenvalue weighted by Gasteiger charge is 2.26. The van der Waals surface area contributed by atoms with Gasteiger partial charge >= 0.3 is 12.1 Å². The van der Waals surface area contributed by atoms with E-state index >= 15 is 0 Å². The Labute approximate surface area is 98.6 Å². The van der Waals surface area contributed by atoms with Crippen LogP contribution in [0.3, 0.4) is 0 Å². The van der Waals surface area contributed by atoms with Crippen LogP contribution >= 0.6 is 0 Å². The number of carbonyl (C=O) groups excluding carboxylic acids is 1. The Morgan fingerprint density at radius 1 is 1.47 bits per heavy atom. The lowest BCUT2D eigenvalue weighted by Gasteiger charge is -2.16. The Kier molecular flexibility index (Phi) is 2.99. The van der Waals surface area contributed by atoms with Crippen molar-refractivity contribution in [2.75, 3.05) is 18.1 Å². The summed E-state index contributed by atoms with van der Waals surface area (Å²) in [7, 11) is 0. The van der Waals surface area contributed by atoms with Gasteiger partial charge in [0.05, 0.1) is 17.9 Å². The second-order valence-corrected chi connectivity index (χ2v) is 3.75. The Balaban J connectivity index is 2.27. The van der Waals surface area contributed by atoms with Gasteiger partial charge in [0, 0.05) is 6.54 Å². The van der Waals surface area contributed by atoms with Crippen LogP contribution in [-0.2, 0) is 11.2 Å². The fourth-order valence-corrected chi connectivity index (χ4v) is 1.93. The van der Waals surface area contributed by atoms with Gasteiger partial charge < -0.3 is 9.84 Å². The smallest absolute Gasteiger partial charge is 0.414 e. The summed E-state index contributed by atoms with van der Waals surface area (Å²) in [6.07, 6.45) is 0.282. The molecule has 0 aromatic heterocycles. The summed E-state index contributed by atoms with van der Waals surface area (Å²) in [4.78, 5) is 24.0. The van der Waals surface area contributed by atoms with Gasteiger partial charge in [-0.25, -0.2) is 9.59 Å². The molecule has 5 nitrogen and oxygen atoms in total. The van der Waals surface area contributed by atoms with E-state index in [1.807, 2.05) is 0 Å². The molecule has 5 heteroatoms. The molecule has 0 fully saturated rings. The molecule has 1 aliphatic heterocycles. The highest BCUT2D eigenvalue weighted by atomic mass is 16.6. The van der Waals surface area contributed by atoms with Crippen molar-refractivity contribution >= 4 is 17.7 Å². The first-order valence-corrected chi connectivity index (χ1v) is 5.44. The van der Waals surface area contributed by atoms with Crippen LogP contribution < -0.4 is 4.90 Å². The summed E-state index contributed by atoms with van der Waals surface area (Å²) in [6.45, 7) is 2.62. The van der Waals surface area contributed by atoms with Crippen LogP contribution in [0, 0.1) is 0 Å². The predicted molar refractivity (Wildman–Crippen MR) is 61.5 cm³/mol. The van der Waals surface area contributed by atoms with Crippen LogP contribution in [0.4, 0.5) is 10.5 Å². The maximum atomic E-state index is 11.6. The first-order valence-electron chi connectivity index (χ1n) is 5.44. The monoisotopic (exact) mass is 235 g/mol. The van der Waals surface area contributed by atoms with Gasteiger partial charge in [-0.15, -0.1) is 0 Å². The third-order valence-electron chi connectivity index (χ3n) is 2.71. The molecule has 17 heavy (non-hydrogen) atoms. The van der Waals surface area contributed by atoms with E-state index < -0.39 is 5.97 Å². The van der Waals surface area contributed by atoms with Crippen LogP contribution in [0.1, 0.15) is 22.8 Å². The SMILES string of the molecule is CCOC(=O)N1CCc2cc(C(=O)O)ccc21. The lowest BCUT2D eigenvalue weighted by Crippen LogP contribution is -2.29. The topological polar surface area (TPSA) is 66.8 Å². The van der Waals surface area contributed by atoms with Crippen molar-refractivity contribution in [2.24, 2.45) is 0 Å².